The van der Waals surface area contributed by atoms with Crippen molar-refractivity contribution in [3.8, 4) is 11.8 Å². The Hall–Kier alpha value is -1.36. The van der Waals surface area contributed by atoms with Crippen molar-refractivity contribution in [1.29, 1.82) is 0 Å². The molecule has 1 heterocycles. The zero-order chi connectivity index (χ0) is 12.2. The van der Waals surface area contributed by atoms with Crippen molar-refractivity contribution in [2.24, 2.45) is 0 Å². The average Bonchev–Trinajstić information content (AvgIpc) is 2.28. The van der Waals surface area contributed by atoms with Crippen molar-refractivity contribution >= 4 is 0 Å². The topological polar surface area (TPSA) is 64.5 Å². The van der Waals surface area contributed by atoms with Gasteiger partial charge in [0.25, 0.3) is 0 Å². The molecule has 1 aromatic rings. The van der Waals surface area contributed by atoms with Crippen LogP contribution in [-0.2, 0) is 5.60 Å². The van der Waals surface area contributed by atoms with E-state index in [0.717, 1.165) is 6.42 Å². The second-order valence-electron chi connectivity index (χ2n) is 3.79. The molecule has 0 aliphatic heterocycles. The van der Waals surface area contributed by atoms with Gasteiger partial charge in [-0.05, 0) is 13.3 Å². The van der Waals surface area contributed by atoms with Gasteiger partial charge in [-0.15, -0.1) is 0 Å². The molecule has 0 aliphatic rings. The van der Waals surface area contributed by atoms with Crippen LogP contribution in [-0.4, -0.2) is 29.3 Å². The molecule has 0 saturated heterocycles. The first-order valence-electron chi connectivity index (χ1n) is 5.23. The van der Waals surface area contributed by atoms with Crippen LogP contribution in [0.1, 0.15) is 32.4 Å². The molecule has 1 unspecified atom stereocenters. The van der Waals surface area contributed by atoms with Crippen molar-refractivity contribution in [1.82, 2.24) is 9.97 Å². The highest BCUT2D eigenvalue weighted by molar-refractivity contribution is 5.27. The van der Waals surface area contributed by atoms with Gasteiger partial charge in [-0.25, -0.2) is 4.98 Å². The molecule has 0 bridgehead atoms. The van der Waals surface area contributed by atoms with Crippen LogP contribution in [0.5, 0.6) is 11.8 Å². The van der Waals surface area contributed by atoms with E-state index in [4.69, 9.17) is 9.47 Å². The molecule has 1 rings (SSSR count). The summed E-state index contributed by atoms with van der Waals surface area (Å²) in [6.45, 7) is 3.70. The van der Waals surface area contributed by atoms with Crippen molar-refractivity contribution in [2.75, 3.05) is 14.2 Å². The first-order valence-corrected chi connectivity index (χ1v) is 5.23. The normalized spacial score (nSPS) is 14.3. The Balaban J connectivity index is 3.12. The van der Waals surface area contributed by atoms with Gasteiger partial charge >= 0.3 is 0 Å². The molecular formula is C11H18N2O3. The molecular weight excluding hydrogens is 208 g/mol. The zero-order valence-electron chi connectivity index (χ0n) is 10.1. The quantitative estimate of drug-likeness (QED) is 0.824. The molecule has 1 N–H and O–H groups in total. The molecule has 0 aromatic carbocycles. The smallest absolute Gasteiger partial charge is 0.241 e. The standard InChI is InChI=1S/C11H18N2O3/c1-5-6-11(2,14)9-10(16-4)13-8(15-3)7-12-9/h7,14H,5-6H2,1-4H3. The first kappa shape index (κ1) is 12.7. The maximum absolute atomic E-state index is 10.2. The Labute approximate surface area is 95.4 Å². The SMILES string of the molecule is CCCC(C)(O)c1ncc(OC)nc1OC. The lowest BCUT2D eigenvalue weighted by Gasteiger charge is -2.23. The van der Waals surface area contributed by atoms with E-state index in [0.29, 0.717) is 23.9 Å². The Bertz CT molecular complexity index is 353. The summed E-state index contributed by atoms with van der Waals surface area (Å²) in [5.41, 5.74) is -0.586. The largest absolute Gasteiger partial charge is 0.480 e. The van der Waals surface area contributed by atoms with E-state index in [1.807, 2.05) is 6.92 Å². The number of aromatic nitrogens is 2. The third kappa shape index (κ3) is 2.61. The average molecular weight is 226 g/mol. The van der Waals surface area contributed by atoms with Crippen LogP contribution in [0.2, 0.25) is 0 Å². The number of nitrogens with zero attached hydrogens (tertiary/aromatic N) is 2. The van der Waals surface area contributed by atoms with E-state index in [1.165, 1.54) is 20.4 Å². The van der Waals surface area contributed by atoms with Gasteiger partial charge in [0.1, 0.15) is 11.3 Å². The third-order valence-electron chi connectivity index (χ3n) is 2.37. The van der Waals surface area contributed by atoms with Crippen LogP contribution in [0.25, 0.3) is 0 Å². The summed E-state index contributed by atoms with van der Waals surface area (Å²) in [6, 6.07) is 0. The minimum absolute atomic E-state index is 0.304. The summed E-state index contributed by atoms with van der Waals surface area (Å²) in [6.07, 6.45) is 2.93. The molecule has 1 aromatic heterocycles. The molecule has 90 valence electrons. The molecule has 0 amide bonds. The molecule has 5 nitrogen and oxygen atoms in total. The number of hydrogen-bond acceptors (Lipinski definition) is 5. The van der Waals surface area contributed by atoms with Gasteiger partial charge in [-0.1, -0.05) is 13.3 Å². The van der Waals surface area contributed by atoms with Gasteiger partial charge < -0.3 is 14.6 Å². The maximum atomic E-state index is 10.2. The Kier molecular flexibility index (Phi) is 4.06. The minimum atomic E-state index is -1.03. The van der Waals surface area contributed by atoms with Crippen molar-refractivity contribution in [3.63, 3.8) is 0 Å². The second kappa shape index (κ2) is 5.12. The van der Waals surface area contributed by atoms with Crippen LogP contribution in [0.15, 0.2) is 6.20 Å². The fourth-order valence-corrected chi connectivity index (χ4v) is 1.57. The van der Waals surface area contributed by atoms with Crippen molar-refractivity contribution in [3.05, 3.63) is 11.9 Å². The van der Waals surface area contributed by atoms with E-state index in [1.54, 1.807) is 6.92 Å². The van der Waals surface area contributed by atoms with E-state index in [9.17, 15) is 5.11 Å². The van der Waals surface area contributed by atoms with E-state index < -0.39 is 5.60 Å². The molecule has 0 radical (unpaired) electrons. The monoisotopic (exact) mass is 226 g/mol. The molecule has 0 spiro atoms. The maximum Gasteiger partial charge on any atom is 0.241 e. The minimum Gasteiger partial charge on any atom is -0.480 e. The first-order chi connectivity index (χ1) is 7.55. The van der Waals surface area contributed by atoms with Crippen LogP contribution >= 0.6 is 0 Å². The van der Waals surface area contributed by atoms with Gasteiger partial charge in [0.15, 0.2) is 0 Å². The van der Waals surface area contributed by atoms with Gasteiger partial charge in [0.2, 0.25) is 11.8 Å². The lowest BCUT2D eigenvalue weighted by Crippen LogP contribution is -2.23. The van der Waals surface area contributed by atoms with E-state index >= 15 is 0 Å². The predicted octanol–water partition coefficient (Wildman–Crippen LogP) is 1.50. The van der Waals surface area contributed by atoms with Crippen molar-refractivity contribution in [2.45, 2.75) is 32.3 Å². The van der Waals surface area contributed by atoms with Crippen molar-refractivity contribution < 1.29 is 14.6 Å². The Morgan fingerprint density at radius 1 is 1.38 bits per heavy atom. The van der Waals surface area contributed by atoms with Crippen LogP contribution in [0.4, 0.5) is 0 Å². The summed E-state index contributed by atoms with van der Waals surface area (Å²) in [7, 11) is 3.00. The fourth-order valence-electron chi connectivity index (χ4n) is 1.57. The number of hydrogen-bond donors (Lipinski definition) is 1. The molecule has 0 aliphatic carbocycles. The van der Waals surface area contributed by atoms with Crippen LogP contribution in [0, 0.1) is 0 Å². The van der Waals surface area contributed by atoms with Crippen LogP contribution in [0.3, 0.4) is 0 Å². The number of rotatable bonds is 5. The molecule has 16 heavy (non-hydrogen) atoms. The summed E-state index contributed by atoms with van der Waals surface area (Å²) < 4.78 is 10.1. The highest BCUT2D eigenvalue weighted by Crippen LogP contribution is 2.31. The molecule has 0 fully saturated rings. The Morgan fingerprint density at radius 2 is 2.06 bits per heavy atom. The second-order valence-corrected chi connectivity index (χ2v) is 3.79. The third-order valence-corrected chi connectivity index (χ3v) is 2.37. The van der Waals surface area contributed by atoms with Gasteiger partial charge in [0.05, 0.1) is 20.4 Å². The zero-order valence-corrected chi connectivity index (χ0v) is 10.1. The predicted molar refractivity (Wildman–Crippen MR) is 59.6 cm³/mol. The Morgan fingerprint density at radius 3 is 2.56 bits per heavy atom. The van der Waals surface area contributed by atoms with Gasteiger partial charge in [0, 0.05) is 0 Å². The lowest BCUT2D eigenvalue weighted by atomic mass is 9.96. The summed E-state index contributed by atoms with van der Waals surface area (Å²) in [4.78, 5) is 8.24. The number of methoxy groups -OCH3 is 2. The highest BCUT2D eigenvalue weighted by Gasteiger charge is 2.28. The lowest BCUT2D eigenvalue weighted by molar-refractivity contribution is 0.0389. The van der Waals surface area contributed by atoms with E-state index in [2.05, 4.69) is 9.97 Å². The molecule has 0 saturated carbocycles. The van der Waals surface area contributed by atoms with Gasteiger partial charge in [-0.3, -0.25) is 0 Å². The number of aliphatic hydroxyl groups is 1. The summed E-state index contributed by atoms with van der Waals surface area (Å²) in [5.74, 6) is 0.672. The van der Waals surface area contributed by atoms with Crippen LogP contribution < -0.4 is 9.47 Å². The molecule has 1 atom stereocenters. The van der Waals surface area contributed by atoms with Gasteiger partial charge in [-0.2, -0.15) is 4.98 Å². The summed E-state index contributed by atoms with van der Waals surface area (Å²) >= 11 is 0. The summed E-state index contributed by atoms with van der Waals surface area (Å²) in [5, 5.41) is 10.2. The van der Waals surface area contributed by atoms with E-state index in [-0.39, 0.29) is 0 Å². The molecule has 5 heteroatoms. The number of ether oxygens (including phenoxy) is 2. The fraction of sp³-hybridized carbons (Fsp3) is 0.636. The highest BCUT2D eigenvalue weighted by atomic mass is 16.5.